The molecule has 1 atom stereocenters. The van der Waals surface area contributed by atoms with Gasteiger partial charge < -0.3 is 10.4 Å². The molecule has 2 fully saturated rings. The van der Waals surface area contributed by atoms with Gasteiger partial charge in [0, 0.05) is 37.8 Å². The SMILES string of the molecule is Cl.Cl.Oc1c([C@@H](C2CC2)N2CCNCC2)cc(Br)c(F)c1F. The highest BCUT2D eigenvalue weighted by Gasteiger charge is 2.39. The van der Waals surface area contributed by atoms with Crippen molar-refractivity contribution >= 4 is 40.7 Å². The Morgan fingerprint density at radius 1 is 1.18 bits per heavy atom. The van der Waals surface area contributed by atoms with Gasteiger partial charge in [-0.05, 0) is 40.8 Å². The van der Waals surface area contributed by atoms with Crippen molar-refractivity contribution in [1.82, 2.24) is 10.2 Å². The van der Waals surface area contributed by atoms with Crippen molar-refractivity contribution in [3.63, 3.8) is 0 Å². The van der Waals surface area contributed by atoms with E-state index in [4.69, 9.17) is 0 Å². The molecule has 2 aliphatic rings. The molecule has 1 aromatic carbocycles. The molecule has 0 bridgehead atoms. The molecular weight excluding hydrogens is 401 g/mol. The molecule has 22 heavy (non-hydrogen) atoms. The summed E-state index contributed by atoms with van der Waals surface area (Å²) < 4.78 is 27.3. The van der Waals surface area contributed by atoms with Gasteiger partial charge in [-0.2, -0.15) is 4.39 Å². The van der Waals surface area contributed by atoms with E-state index in [9.17, 15) is 13.9 Å². The molecule has 0 radical (unpaired) electrons. The summed E-state index contributed by atoms with van der Waals surface area (Å²) >= 11 is 3.04. The third-order valence-electron chi connectivity index (χ3n) is 4.10. The summed E-state index contributed by atoms with van der Waals surface area (Å²) in [7, 11) is 0. The number of nitrogens with one attached hydrogen (secondary N) is 1. The lowest BCUT2D eigenvalue weighted by Gasteiger charge is -2.35. The second-order valence-corrected chi connectivity index (χ2v) is 6.35. The van der Waals surface area contributed by atoms with Gasteiger partial charge in [-0.15, -0.1) is 24.8 Å². The van der Waals surface area contributed by atoms with Gasteiger partial charge in [-0.25, -0.2) is 4.39 Å². The Balaban J connectivity index is 0.00000121. The monoisotopic (exact) mass is 418 g/mol. The topological polar surface area (TPSA) is 35.5 Å². The van der Waals surface area contributed by atoms with Crippen molar-refractivity contribution in [3.8, 4) is 5.75 Å². The summed E-state index contributed by atoms with van der Waals surface area (Å²) in [5.74, 6) is -2.30. The van der Waals surface area contributed by atoms with E-state index in [1.165, 1.54) is 6.07 Å². The zero-order chi connectivity index (χ0) is 14.3. The van der Waals surface area contributed by atoms with Gasteiger partial charge in [0.15, 0.2) is 11.6 Å². The second-order valence-electron chi connectivity index (χ2n) is 5.49. The molecule has 3 nitrogen and oxygen atoms in total. The Kier molecular flexibility index (Phi) is 7.33. The molecule has 1 aliphatic heterocycles. The minimum absolute atomic E-state index is 0. The van der Waals surface area contributed by atoms with Crippen LogP contribution >= 0.6 is 40.7 Å². The maximum absolute atomic E-state index is 13.8. The normalized spacial score (nSPS) is 20.0. The lowest BCUT2D eigenvalue weighted by molar-refractivity contribution is 0.152. The fourth-order valence-electron chi connectivity index (χ4n) is 2.95. The molecule has 2 N–H and O–H groups in total. The number of aromatic hydroxyl groups is 1. The average molecular weight is 420 g/mol. The molecule has 3 rings (SSSR count). The van der Waals surface area contributed by atoms with Crippen LogP contribution in [0.1, 0.15) is 24.4 Å². The Hall–Kier alpha value is -0.140. The number of hydrogen-bond donors (Lipinski definition) is 2. The molecule has 0 amide bonds. The number of nitrogens with zero attached hydrogens (tertiary/aromatic N) is 1. The van der Waals surface area contributed by atoms with Crippen LogP contribution in [-0.4, -0.2) is 36.2 Å². The van der Waals surface area contributed by atoms with Crippen molar-refractivity contribution in [1.29, 1.82) is 0 Å². The zero-order valence-corrected chi connectivity index (χ0v) is 15.0. The fraction of sp³-hybridized carbons (Fsp3) is 0.571. The van der Waals surface area contributed by atoms with Crippen molar-refractivity contribution in [3.05, 3.63) is 27.7 Å². The first kappa shape index (κ1) is 19.9. The Morgan fingerprint density at radius 2 is 1.77 bits per heavy atom. The van der Waals surface area contributed by atoms with Crippen molar-refractivity contribution in [2.24, 2.45) is 5.92 Å². The van der Waals surface area contributed by atoms with Gasteiger partial charge in [-0.1, -0.05) is 0 Å². The van der Waals surface area contributed by atoms with Crippen molar-refractivity contribution < 1.29 is 13.9 Å². The van der Waals surface area contributed by atoms with E-state index in [1.54, 1.807) is 0 Å². The van der Waals surface area contributed by atoms with E-state index in [0.29, 0.717) is 11.5 Å². The van der Waals surface area contributed by atoms with Crippen LogP contribution in [0, 0.1) is 17.6 Å². The minimum atomic E-state index is -1.16. The molecule has 1 heterocycles. The molecule has 0 spiro atoms. The highest BCUT2D eigenvalue weighted by atomic mass is 79.9. The second kappa shape index (κ2) is 8.11. The van der Waals surface area contributed by atoms with Crippen LogP contribution in [0.2, 0.25) is 0 Å². The number of phenols is 1. The molecule has 0 aromatic heterocycles. The number of phenolic OH excluding ortho intramolecular Hbond substituents is 1. The molecule has 126 valence electrons. The lowest BCUT2D eigenvalue weighted by Crippen LogP contribution is -2.45. The molecule has 1 saturated carbocycles. The standard InChI is InChI=1S/C14H17BrF2N2O.2ClH/c15-10-7-9(14(20)12(17)11(10)16)13(8-1-2-8)19-5-3-18-4-6-19;;/h7-8,13,18,20H,1-6H2;2*1H/t13-;;/m1../s1. The van der Waals surface area contributed by atoms with E-state index in [2.05, 4.69) is 26.1 Å². The quantitative estimate of drug-likeness (QED) is 0.734. The highest BCUT2D eigenvalue weighted by Crippen LogP contribution is 2.48. The van der Waals surface area contributed by atoms with E-state index in [-0.39, 0.29) is 35.3 Å². The lowest BCUT2D eigenvalue weighted by atomic mass is 9.98. The maximum Gasteiger partial charge on any atom is 0.201 e. The third-order valence-corrected chi connectivity index (χ3v) is 4.68. The Labute approximate surface area is 149 Å². The molecule has 1 aromatic rings. The largest absolute Gasteiger partial charge is 0.505 e. The average Bonchev–Trinajstić information content (AvgIpc) is 3.28. The fourth-order valence-corrected chi connectivity index (χ4v) is 3.37. The number of piperazine rings is 1. The summed E-state index contributed by atoms with van der Waals surface area (Å²) in [6.07, 6.45) is 2.15. The molecule has 8 heteroatoms. The number of rotatable bonds is 3. The summed E-state index contributed by atoms with van der Waals surface area (Å²) in [5.41, 5.74) is 0.500. The van der Waals surface area contributed by atoms with Gasteiger partial charge in [0.1, 0.15) is 0 Å². The first-order valence-electron chi connectivity index (χ1n) is 6.90. The van der Waals surface area contributed by atoms with Gasteiger partial charge in [0.05, 0.1) is 4.47 Å². The first-order chi connectivity index (χ1) is 9.59. The molecular formula is C14H19BrCl2F2N2O. The third kappa shape index (κ3) is 3.85. The zero-order valence-electron chi connectivity index (χ0n) is 11.8. The van der Waals surface area contributed by atoms with Crippen LogP contribution in [-0.2, 0) is 0 Å². The van der Waals surface area contributed by atoms with Gasteiger partial charge >= 0.3 is 0 Å². The number of benzene rings is 1. The molecule has 1 saturated heterocycles. The Bertz CT molecular complexity index is 526. The summed E-state index contributed by atoms with van der Waals surface area (Å²) in [5, 5.41) is 13.3. The predicted molar refractivity (Wildman–Crippen MR) is 90.1 cm³/mol. The van der Waals surface area contributed by atoms with Crippen LogP contribution in [0.5, 0.6) is 5.75 Å². The minimum Gasteiger partial charge on any atom is -0.505 e. The first-order valence-corrected chi connectivity index (χ1v) is 7.70. The number of halogens is 5. The van der Waals surface area contributed by atoms with Crippen LogP contribution < -0.4 is 5.32 Å². The van der Waals surface area contributed by atoms with E-state index in [0.717, 1.165) is 39.0 Å². The van der Waals surface area contributed by atoms with E-state index < -0.39 is 17.4 Å². The predicted octanol–water partition coefficient (Wildman–Crippen LogP) is 3.63. The Morgan fingerprint density at radius 3 is 2.32 bits per heavy atom. The summed E-state index contributed by atoms with van der Waals surface area (Å²) in [6.45, 7) is 3.48. The maximum atomic E-state index is 13.8. The number of hydrogen-bond acceptors (Lipinski definition) is 3. The molecule has 1 aliphatic carbocycles. The van der Waals surface area contributed by atoms with Crippen molar-refractivity contribution in [2.75, 3.05) is 26.2 Å². The van der Waals surface area contributed by atoms with E-state index in [1.807, 2.05) is 0 Å². The van der Waals surface area contributed by atoms with Crippen LogP contribution in [0.15, 0.2) is 10.5 Å². The summed E-state index contributed by atoms with van der Waals surface area (Å²) in [4.78, 5) is 2.26. The van der Waals surface area contributed by atoms with Crippen LogP contribution in [0.25, 0.3) is 0 Å². The van der Waals surface area contributed by atoms with Gasteiger partial charge in [0.25, 0.3) is 0 Å². The highest BCUT2D eigenvalue weighted by molar-refractivity contribution is 9.10. The van der Waals surface area contributed by atoms with Gasteiger partial charge in [-0.3, -0.25) is 4.90 Å². The van der Waals surface area contributed by atoms with Crippen LogP contribution in [0.3, 0.4) is 0 Å². The van der Waals surface area contributed by atoms with Gasteiger partial charge in [0.2, 0.25) is 5.82 Å². The summed E-state index contributed by atoms with van der Waals surface area (Å²) in [6, 6.07) is 1.50. The van der Waals surface area contributed by atoms with Crippen molar-refractivity contribution in [2.45, 2.75) is 18.9 Å². The van der Waals surface area contributed by atoms with E-state index >= 15 is 0 Å². The van der Waals surface area contributed by atoms with Crippen LogP contribution in [0.4, 0.5) is 8.78 Å². The molecule has 0 unspecified atom stereocenters. The smallest absolute Gasteiger partial charge is 0.201 e.